The molecule has 0 bridgehead atoms. The highest BCUT2D eigenvalue weighted by Crippen LogP contribution is 2.04. The zero-order chi connectivity index (χ0) is 9.89. The molecule has 0 saturated heterocycles. The maximum absolute atomic E-state index is 11.3. The van der Waals surface area contributed by atoms with Gasteiger partial charge in [-0.15, -0.1) is 0 Å². The predicted octanol–water partition coefficient (Wildman–Crippen LogP) is 1.28. The van der Waals surface area contributed by atoms with Crippen molar-refractivity contribution in [2.24, 2.45) is 11.8 Å². The quantitative estimate of drug-likeness (QED) is 0.627. The van der Waals surface area contributed by atoms with E-state index in [4.69, 9.17) is 0 Å². The first kappa shape index (κ1) is 11.1. The highest BCUT2D eigenvalue weighted by atomic mass is 16.2. The van der Waals surface area contributed by atoms with Crippen LogP contribution >= 0.6 is 0 Å². The molecule has 0 heterocycles. The Hall–Kier alpha value is -0.860. The second kappa shape index (κ2) is 4.24. The van der Waals surface area contributed by atoms with Gasteiger partial charge in [-0.25, -0.2) is 0 Å². The van der Waals surface area contributed by atoms with Gasteiger partial charge < -0.3 is 0 Å². The minimum atomic E-state index is -0.117. The summed E-state index contributed by atoms with van der Waals surface area (Å²) in [6, 6.07) is 0. The van der Waals surface area contributed by atoms with Gasteiger partial charge in [0.15, 0.2) is 0 Å². The summed E-state index contributed by atoms with van der Waals surface area (Å²) in [6.07, 6.45) is 0. The monoisotopic (exact) mass is 171 g/mol. The summed E-state index contributed by atoms with van der Waals surface area (Å²) in [5, 5.41) is 0. The molecule has 2 amide bonds. The average Bonchev–Trinajstić information content (AvgIpc) is 2.00. The van der Waals surface area contributed by atoms with Gasteiger partial charge in [-0.3, -0.25) is 14.5 Å². The van der Waals surface area contributed by atoms with Crippen molar-refractivity contribution in [3.8, 4) is 0 Å². The molecule has 0 aromatic rings. The van der Waals surface area contributed by atoms with E-state index in [9.17, 15) is 9.59 Å². The van der Waals surface area contributed by atoms with Gasteiger partial charge in [0.05, 0.1) is 0 Å². The minimum absolute atomic E-state index is 0.113. The van der Waals surface area contributed by atoms with Crippen LogP contribution < -0.4 is 0 Å². The fourth-order valence-electron chi connectivity index (χ4n) is 0.883. The van der Waals surface area contributed by atoms with Crippen molar-refractivity contribution in [3.05, 3.63) is 0 Å². The number of carbonyl (C=O) groups is 2. The molecule has 0 spiro atoms. The van der Waals surface area contributed by atoms with Crippen LogP contribution in [0.2, 0.25) is 0 Å². The van der Waals surface area contributed by atoms with Crippen LogP contribution in [0, 0.1) is 11.8 Å². The normalized spacial score (nSPS) is 10.6. The summed E-state index contributed by atoms with van der Waals surface area (Å²) in [5.74, 6) is -0.460. The van der Waals surface area contributed by atoms with Crippen LogP contribution in [0.3, 0.4) is 0 Å². The Morgan fingerprint density at radius 3 is 1.33 bits per heavy atom. The number of hydrogen-bond acceptors (Lipinski definition) is 2. The number of amides is 2. The van der Waals surface area contributed by atoms with E-state index in [1.165, 1.54) is 11.9 Å². The van der Waals surface area contributed by atoms with Crippen LogP contribution in [-0.4, -0.2) is 23.8 Å². The van der Waals surface area contributed by atoms with Crippen molar-refractivity contribution in [2.45, 2.75) is 27.7 Å². The first-order valence-electron chi connectivity index (χ1n) is 4.19. The minimum Gasteiger partial charge on any atom is -0.285 e. The molecule has 12 heavy (non-hydrogen) atoms. The Morgan fingerprint density at radius 1 is 0.917 bits per heavy atom. The molecule has 0 aliphatic carbocycles. The molecule has 0 aromatic heterocycles. The van der Waals surface area contributed by atoms with Gasteiger partial charge in [-0.2, -0.15) is 0 Å². The largest absolute Gasteiger partial charge is 0.285 e. The zero-order valence-corrected chi connectivity index (χ0v) is 8.42. The third-order valence-corrected chi connectivity index (χ3v) is 1.65. The number of rotatable bonds is 2. The summed E-state index contributed by atoms with van der Waals surface area (Å²) < 4.78 is 0. The van der Waals surface area contributed by atoms with Crippen molar-refractivity contribution in [1.82, 2.24) is 4.90 Å². The van der Waals surface area contributed by atoms with E-state index in [-0.39, 0.29) is 23.7 Å². The van der Waals surface area contributed by atoms with E-state index in [1.807, 2.05) is 0 Å². The first-order chi connectivity index (χ1) is 5.37. The van der Waals surface area contributed by atoms with Gasteiger partial charge in [0.25, 0.3) is 0 Å². The summed E-state index contributed by atoms with van der Waals surface area (Å²) in [5.41, 5.74) is 0. The molecule has 0 aliphatic heterocycles. The van der Waals surface area contributed by atoms with E-state index >= 15 is 0 Å². The maximum atomic E-state index is 11.3. The summed E-state index contributed by atoms with van der Waals surface area (Å²) in [6.45, 7) is 7.14. The van der Waals surface area contributed by atoms with Gasteiger partial charge in [0.2, 0.25) is 11.8 Å². The van der Waals surface area contributed by atoms with Crippen molar-refractivity contribution in [2.75, 3.05) is 7.05 Å². The van der Waals surface area contributed by atoms with Crippen LogP contribution in [0.25, 0.3) is 0 Å². The van der Waals surface area contributed by atoms with Gasteiger partial charge in [-0.05, 0) is 0 Å². The van der Waals surface area contributed by atoms with E-state index < -0.39 is 0 Å². The predicted molar refractivity (Wildman–Crippen MR) is 47.5 cm³/mol. The van der Waals surface area contributed by atoms with Gasteiger partial charge in [0, 0.05) is 18.9 Å². The Morgan fingerprint density at radius 2 is 1.17 bits per heavy atom. The molecule has 0 rings (SSSR count). The highest BCUT2D eigenvalue weighted by Gasteiger charge is 2.21. The van der Waals surface area contributed by atoms with Crippen molar-refractivity contribution in [3.63, 3.8) is 0 Å². The van der Waals surface area contributed by atoms with Gasteiger partial charge in [-0.1, -0.05) is 27.7 Å². The first-order valence-corrected chi connectivity index (χ1v) is 4.19. The van der Waals surface area contributed by atoms with Gasteiger partial charge >= 0.3 is 0 Å². The van der Waals surface area contributed by atoms with E-state index in [2.05, 4.69) is 0 Å². The third-order valence-electron chi connectivity index (χ3n) is 1.65. The van der Waals surface area contributed by atoms with Crippen LogP contribution in [0.5, 0.6) is 0 Å². The molecular weight excluding hydrogens is 154 g/mol. The van der Waals surface area contributed by atoms with Crippen LogP contribution in [0.1, 0.15) is 27.7 Å². The van der Waals surface area contributed by atoms with E-state index in [0.717, 1.165) is 0 Å². The molecule has 0 aliphatic rings. The number of nitrogens with zero attached hydrogens (tertiary/aromatic N) is 1. The molecule has 0 radical (unpaired) electrons. The molecule has 70 valence electrons. The Balaban J connectivity index is 4.30. The Kier molecular flexibility index (Phi) is 3.93. The second-order valence-electron chi connectivity index (χ2n) is 3.54. The molecule has 0 atom stereocenters. The Bertz CT molecular complexity index is 165. The van der Waals surface area contributed by atoms with Crippen LogP contribution in [-0.2, 0) is 9.59 Å². The molecule has 0 fully saturated rings. The fourth-order valence-corrected chi connectivity index (χ4v) is 0.883. The lowest BCUT2D eigenvalue weighted by Gasteiger charge is -2.19. The van der Waals surface area contributed by atoms with E-state index in [1.54, 1.807) is 27.7 Å². The second-order valence-corrected chi connectivity index (χ2v) is 3.54. The summed E-state index contributed by atoms with van der Waals surface area (Å²) in [7, 11) is 1.53. The van der Waals surface area contributed by atoms with Crippen LogP contribution in [0.4, 0.5) is 0 Å². The van der Waals surface area contributed by atoms with Crippen molar-refractivity contribution in [1.29, 1.82) is 0 Å². The van der Waals surface area contributed by atoms with Crippen molar-refractivity contribution >= 4 is 11.8 Å². The number of hydrogen-bond donors (Lipinski definition) is 0. The van der Waals surface area contributed by atoms with Crippen LogP contribution in [0.15, 0.2) is 0 Å². The highest BCUT2D eigenvalue weighted by molar-refractivity contribution is 5.96. The molecule has 3 nitrogen and oxygen atoms in total. The Labute approximate surface area is 73.7 Å². The molecule has 0 saturated carbocycles. The standard InChI is InChI=1S/C9H17NO2/c1-6(2)8(11)10(5)9(12)7(3)4/h6-7H,1-5H3. The molecule has 0 aromatic carbocycles. The lowest BCUT2D eigenvalue weighted by atomic mass is 10.1. The lowest BCUT2D eigenvalue weighted by molar-refractivity contribution is -0.147. The van der Waals surface area contributed by atoms with Crippen molar-refractivity contribution < 1.29 is 9.59 Å². The average molecular weight is 171 g/mol. The molecule has 0 N–H and O–H groups in total. The zero-order valence-electron chi connectivity index (χ0n) is 8.42. The SMILES string of the molecule is CC(C)C(=O)N(C)C(=O)C(C)C. The lowest BCUT2D eigenvalue weighted by Crippen LogP contribution is -2.38. The fraction of sp³-hybridized carbons (Fsp3) is 0.778. The number of imide groups is 1. The van der Waals surface area contributed by atoms with Gasteiger partial charge in [0.1, 0.15) is 0 Å². The smallest absolute Gasteiger partial charge is 0.231 e. The van der Waals surface area contributed by atoms with E-state index in [0.29, 0.717) is 0 Å². The third kappa shape index (κ3) is 2.64. The summed E-state index contributed by atoms with van der Waals surface area (Å²) >= 11 is 0. The summed E-state index contributed by atoms with van der Waals surface area (Å²) in [4.78, 5) is 23.8. The topological polar surface area (TPSA) is 37.4 Å². The molecule has 0 unspecified atom stereocenters. The molecular formula is C9H17NO2. The maximum Gasteiger partial charge on any atom is 0.231 e. The number of carbonyl (C=O) groups excluding carboxylic acids is 2. The molecule has 3 heteroatoms.